The first kappa shape index (κ1) is 21.9. The molecule has 30 heavy (non-hydrogen) atoms. The lowest BCUT2D eigenvalue weighted by Crippen LogP contribution is -2.23. The Morgan fingerprint density at radius 1 is 1.00 bits per heavy atom. The third-order valence-electron chi connectivity index (χ3n) is 4.14. The van der Waals surface area contributed by atoms with Gasteiger partial charge in [0.1, 0.15) is 5.00 Å². The number of carbonyl (C=O) groups is 2. The van der Waals surface area contributed by atoms with Crippen LogP contribution in [0.2, 0.25) is 0 Å². The summed E-state index contributed by atoms with van der Waals surface area (Å²) in [6.07, 6.45) is -9.74. The van der Waals surface area contributed by atoms with Gasteiger partial charge in [-0.15, -0.1) is 11.3 Å². The molecule has 13 heteroatoms. The first-order valence-corrected chi connectivity index (χ1v) is 9.07. The molecule has 0 saturated heterocycles. The van der Waals surface area contributed by atoms with E-state index < -0.39 is 41.1 Å². The van der Waals surface area contributed by atoms with E-state index in [0.29, 0.717) is 35.6 Å². The molecular formula is C17H13F6N3O3S. The van der Waals surface area contributed by atoms with E-state index in [1.165, 1.54) is 0 Å². The molecule has 3 amide bonds. The van der Waals surface area contributed by atoms with E-state index in [1.54, 1.807) is 0 Å². The molecule has 2 heterocycles. The standard InChI is InChI=1S/C17H13F6N3O3S/c18-16(19,20)7-3-8(17(21,22)23)5-9(4-7)25-15(28)26-14-12(13(24)27)10-1-2-29-6-11(10)30-14/h3-5H,1-2,6H2,(H2,24,27)(H2,25,26,28). The number of halogens is 6. The molecule has 4 N–H and O–H groups in total. The highest BCUT2D eigenvalue weighted by molar-refractivity contribution is 7.17. The largest absolute Gasteiger partial charge is 0.416 e. The number of primary amides is 1. The first-order valence-electron chi connectivity index (χ1n) is 8.26. The summed E-state index contributed by atoms with van der Waals surface area (Å²) in [6.45, 7) is 0.520. The monoisotopic (exact) mass is 453 g/mol. The number of nitrogens with one attached hydrogen (secondary N) is 2. The maximum atomic E-state index is 12.9. The van der Waals surface area contributed by atoms with Gasteiger partial charge in [0.2, 0.25) is 0 Å². The molecule has 0 bridgehead atoms. The number of nitrogens with two attached hydrogens (primary N) is 1. The third-order valence-corrected chi connectivity index (χ3v) is 5.26. The molecule has 1 aliphatic heterocycles. The minimum Gasteiger partial charge on any atom is -0.376 e. The van der Waals surface area contributed by atoms with E-state index >= 15 is 0 Å². The Morgan fingerprint density at radius 3 is 2.13 bits per heavy atom. The summed E-state index contributed by atoms with van der Waals surface area (Å²) >= 11 is 0.986. The molecule has 0 saturated carbocycles. The highest BCUT2D eigenvalue weighted by Gasteiger charge is 2.37. The van der Waals surface area contributed by atoms with Crippen LogP contribution in [-0.4, -0.2) is 18.5 Å². The van der Waals surface area contributed by atoms with Crippen LogP contribution in [0, 0.1) is 0 Å². The van der Waals surface area contributed by atoms with Gasteiger partial charge in [-0.25, -0.2) is 4.79 Å². The fourth-order valence-electron chi connectivity index (χ4n) is 2.87. The van der Waals surface area contributed by atoms with E-state index in [-0.39, 0.29) is 23.2 Å². The van der Waals surface area contributed by atoms with Gasteiger partial charge < -0.3 is 15.8 Å². The number of hydrogen-bond donors (Lipinski definition) is 3. The lowest BCUT2D eigenvalue weighted by atomic mass is 10.1. The predicted octanol–water partition coefficient (Wildman–Crippen LogP) is 4.60. The normalized spacial score (nSPS) is 14.2. The summed E-state index contributed by atoms with van der Waals surface area (Å²) in [5.74, 6) is -0.830. The molecule has 3 rings (SSSR count). The van der Waals surface area contributed by atoms with Gasteiger partial charge in [-0.3, -0.25) is 10.1 Å². The number of alkyl halides is 6. The molecule has 1 aromatic carbocycles. The number of carbonyl (C=O) groups excluding carboxylic acids is 2. The van der Waals surface area contributed by atoms with Crippen molar-refractivity contribution in [2.75, 3.05) is 17.2 Å². The fraction of sp³-hybridized carbons (Fsp3) is 0.294. The topological polar surface area (TPSA) is 93.5 Å². The molecule has 0 fully saturated rings. The number of hydrogen-bond acceptors (Lipinski definition) is 4. The van der Waals surface area contributed by atoms with Crippen molar-refractivity contribution in [3.05, 3.63) is 45.3 Å². The van der Waals surface area contributed by atoms with Gasteiger partial charge in [0.05, 0.1) is 29.9 Å². The third kappa shape index (κ3) is 4.67. The molecule has 1 aromatic heterocycles. The molecule has 2 aromatic rings. The summed E-state index contributed by atoms with van der Waals surface area (Å²) < 4.78 is 82.9. The van der Waals surface area contributed by atoms with Crippen LogP contribution in [-0.2, 0) is 30.1 Å². The van der Waals surface area contributed by atoms with Crippen LogP contribution < -0.4 is 16.4 Å². The molecule has 0 unspecified atom stereocenters. The average Bonchev–Trinajstić information content (AvgIpc) is 2.97. The Balaban J connectivity index is 1.88. The highest BCUT2D eigenvalue weighted by atomic mass is 32.1. The zero-order valence-corrected chi connectivity index (χ0v) is 15.6. The van der Waals surface area contributed by atoms with Crippen LogP contribution in [0.1, 0.15) is 31.9 Å². The van der Waals surface area contributed by atoms with Crippen molar-refractivity contribution in [3.8, 4) is 0 Å². The molecule has 0 atom stereocenters. The number of thiophene rings is 1. The van der Waals surface area contributed by atoms with Crippen molar-refractivity contribution in [1.82, 2.24) is 0 Å². The molecule has 1 aliphatic rings. The number of fused-ring (bicyclic) bond motifs is 1. The zero-order valence-electron chi connectivity index (χ0n) is 14.8. The van der Waals surface area contributed by atoms with Gasteiger partial charge in [-0.1, -0.05) is 0 Å². The summed E-state index contributed by atoms with van der Waals surface area (Å²) in [7, 11) is 0. The van der Waals surface area contributed by atoms with Gasteiger partial charge in [0.15, 0.2) is 0 Å². The van der Waals surface area contributed by atoms with Crippen molar-refractivity contribution in [2.45, 2.75) is 25.4 Å². The van der Waals surface area contributed by atoms with Crippen LogP contribution in [0.4, 0.5) is 41.8 Å². The van der Waals surface area contributed by atoms with Gasteiger partial charge in [-0.2, -0.15) is 26.3 Å². The summed E-state index contributed by atoms with van der Waals surface area (Å²) in [5, 5.41) is 4.23. The van der Waals surface area contributed by atoms with E-state index in [2.05, 4.69) is 5.32 Å². The Labute approximate surface area is 169 Å². The van der Waals surface area contributed by atoms with Crippen molar-refractivity contribution in [2.24, 2.45) is 5.73 Å². The van der Waals surface area contributed by atoms with Gasteiger partial charge in [0.25, 0.3) is 5.91 Å². The lowest BCUT2D eigenvalue weighted by Gasteiger charge is -2.15. The number of rotatable bonds is 3. The summed E-state index contributed by atoms with van der Waals surface area (Å²) in [6, 6.07) is -0.444. The molecular weight excluding hydrogens is 440 g/mol. The number of ether oxygens (including phenoxy) is 1. The predicted molar refractivity (Wildman–Crippen MR) is 95.3 cm³/mol. The Hall–Kier alpha value is -2.80. The minimum atomic E-state index is -5.06. The first-order chi connectivity index (χ1) is 13.9. The minimum absolute atomic E-state index is 0.0264. The number of urea groups is 1. The van der Waals surface area contributed by atoms with Crippen LogP contribution in [0.15, 0.2) is 18.2 Å². The molecule has 0 aliphatic carbocycles. The number of benzene rings is 1. The van der Waals surface area contributed by atoms with Crippen molar-refractivity contribution in [1.29, 1.82) is 0 Å². The van der Waals surface area contributed by atoms with E-state index in [0.717, 1.165) is 11.3 Å². The summed E-state index contributed by atoms with van der Waals surface area (Å²) in [4.78, 5) is 24.6. The van der Waals surface area contributed by atoms with E-state index in [1.807, 2.05) is 5.32 Å². The average molecular weight is 453 g/mol. The van der Waals surface area contributed by atoms with Crippen LogP contribution in [0.25, 0.3) is 0 Å². The second kappa shape index (κ2) is 7.80. The van der Waals surface area contributed by atoms with Gasteiger partial charge in [-0.05, 0) is 30.2 Å². The van der Waals surface area contributed by atoms with Crippen molar-refractivity contribution < 1.29 is 40.7 Å². The van der Waals surface area contributed by atoms with Gasteiger partial charge in [0, 0.05) is 10.6 Å². The second-order valence-corrected chi connectivity index (χ2v) is 7.35. The molecule has 162 valence electrons. The van der Waals surface area contributed by atoms with Crippen LogP contribution in [0.3, 0.4) is 0 Å². The Morgan fingerprint density at radius 2 is 1.60 bits per heavy atom. The lowest BCUT2D eigenvalue weighted by molar-refractivity contribution is -0.143. The maximum Gasteiger partial charge on any atom is 0.416 e. The fourth-order valence-corrected chi connectivity index (χ4v) is 4.06. The smallest absolute Gasteiger partial charge is 0.376 e. The van der Waals surface area contributed by atoms with E-state index in [4.69, 9.17) is 10.5 Å². The molecule has 0 spiro atoms. The van der Waals surface area contributed by atoms with Crippen LogP contribution in [0.5, 0.6) is 0 Å². The summed E-state index contributed by atoms with van der Waals surface area (Å²) in [5.41, 5.74) is 2.11. The Kier molecular flexibility index (Phi) is 5.69. The van der Waals surface area contributed by atoms with Gasteiger partial charge >= 0.3 is 18.4 Å². The zero-order chi connectivity index (χ0) is 22.3. The van der Waals surface area contributed by atoms with Crippen LogP contribution >= 0.6 is 11.3 Å². The van der Waals surface area contributed by atoms with E-state index in [9.17, 15) is 35.9 Å². The SMILES string of the molecule is NC(=O)c1c(NC(=O)Nc2cc(C(F)(F)F)cc(C(F)(F)F)c2)sc2c1CCOC2. The second-order valence-electron chi connectivity index (χ2n) is 6.25. The number of amides is 3. The quantitative estimate of drug-likeness (QED) is 0.593. The van der Waals surface area contributed by atoms with Crippen molar-refractivity contribution >= 4 is 34.0 Å². The number of anilines is 2. The maximum absolute atomic E-state index is 12.9. The Bertz CT molecular complexity index is 968. The molecule has 0 radical (unpaired) electrons. The van der Waals surface area contributed by atoms with Crippen molar-refractivity contribution in [3.63, 3.8) is 0 Å². The molecule has 6 nitrogen and oxygen atoms in total. The highest BCUT2D eigenvalue weighted by Crippen LogP contribution is 2.38.